The predicted molar refractivity (Wildman–Crippen MR) is 39.2 cm³/mol. The quantitative estimate of drug-likeness (QED) is 0.287. The molecule has 2 unspecified atom stereocenters. The van der Waals surface area contributed by atoms with Crippen LogP contribution in [-0.4, -0.2) is 24.5 Å². The smallest absolute Gasteiger partial charge is 0.278 e. The highest BCUT2D eigenvalue weighted by Crippen LogP contribution is 2.12. The first kappa shape index (κ1) is 9.49. The predicted octanol–water partition coefficient (Wildman–Crippen LogP) is 0.677. The van der Waals surface area contributed by atoms with Crippen molar-refractivity contribution in [2.75, 3.05) is 0 Å². The minimum absolute atomic E-state index is 0.459. The SMILES string of the molecule is CCC(C)(C=[N+]=[N-])S(=O)O. The third kappa shape index (κ3) is 2.02. The Hall–Kier alpha value is -0.510. The lowest BCUT2D eigenvalue weighted by Gasteiger charge is -2.11. The lowest BCUT2D eigenvalue weighted by molar-refractivity contribution is -0.00154. The van der Waals surface area contributed by atoms with Gasteiger partial charge in [0.25, 0.3) is 6.21 Å². The van der Waals surface area contributed by atoms with E-state index in [2.05, 4.69) is 4.79 Å². The van der Waals surface area contributed by atoms with Crippen molar-refractivity contribution in [1.82, 2.24) is 0 Å². The molecule has 0 saturated heterocycles. The third-order valence-electron chi connectivity index (χ3n) is 1.43. The summed E-state index contributed by atoms with van der Waals surface area (Å²) >= 11 is -1.98. The lowest BCUT2D eigenvalue weighted by Crippen LogP contribution is -2.31. The minimum atomic E-state index is -1.98. The molecule has 0 aliphatic heterocycles. The summed E-state index contributed by atoms with van der Waals surface area (Å²) in [6.45, 7) is 3.29. The molecule has 2 atom stereocenters. The van der Waals surface area contributed by atoms with Crippen LogP contribution in [0.15, 0.2) is 0 Å². The van der Waals surface area contributed by atoms with Gasteiger partial charge in [-0.05, 0) is 13.3 Å². The average Bonchev–Trinajstić information content (AvgIpc) is 1.88. The second-order valence-corrected chi connectivity index (χ2v) is 3.59. The van der Waals surface area contributed by atoms with Gasteiger partial charge in [-0.2, -0.15) is 4.79 Å². The second-order valence-electron chi connectivity index (χ2n) is 2.16. The molecule has 0 spiro atoms. The van der Waals surface area contributed by atoms with E-state index in [1.807, 2.05) is 0 Å². The first-order chi connectivity index (χ1) is 4.56. The zero-order valence-corrected chi connectivity index (χ0v) is 6.76. The summed E-state index contributed by atoms with van der Waals surface area (Å²) in [6.07, 6.45) is 1.53. The van der Waals surface area contributed by atoms with Crippen LogP contribution in [0.2, 0.25) is 0 Å². The molecule has 0 radical (unpaired) electrons. The van der Waals surface area contributed by atoms with E-state index >= 15 is 0 Å². The first-order valence-electron chi connectivity index (χ1n) is 2.86. The van der Waals surface area contributed by atoms with Gasteiger partial charge in [-0.15, -0.1) is 0 Å². The Kier molecular flexibility index (Phi) is 3.42. The van der Waals surface area contributed by atoms with E-state index in [-0.39, 0.29) is 0 Å². The molecule has 0 fully saturated rings. The number of hydrogen-bond donors (Lipinski definition) is 1. The monoisotopic (exact) mass is 162 g/mol. The van der Waals surface area contributed by atoms with Crippen LogP contribution >= 0.6 is 0 Å². The maximum atomic E-state index is 10.6. The molecule has 0 heterocycles. The van der Waals surface area contributed by atoms with Crippen molar-refractivity contribution < 1.29 is 13.6 Å². The fourth-order valence-corrected chi connectivity index (χ4v) is 0.766. The summed E-state index contributed by atoms with van der Waals surface area (Å²) in [7, 11) is 0. The van der Waals surface area contributed by atoms with Crippen LogP contribution in [0.4, 0.5) is 0 Å². The summed E-state index contributed by atoms with van der Waals surface area (Å²) in [4.78, 5) is 2.72. The van der Waals surface area contributed by atoms with Gasteiger partial charge in [0.1, 0.15) is 0 Å². The van der Waals surface area contributed by atoms with Gasteiger partial charge in [0.05, 0.1) is 0 Å². The maximum Gasteiger partial charge on any atom is 0.278 e. The van der Waals surface area contributed by atoms with Crippen LogP contribution in [0, 0.1) is 0 Å². The van der Waals surface area contributed by atoms with Crippen molar-refractivity contribution in [1.29, 1.82) is 0 Å². The lowest BCUT2D eigenvalue weighted by atomic mass is 10.1. The van der Waals surface area contributed by atoms with Gasteiger partial charge in [0.15, 0.2) is 15.8 Å². The standard InChI is InChI=1S/C5H10N2O2S/c1-3-5(2,4-7-6)10(8)9/h4H,3H2,1-2H3,(H,8,9). The highest BCUT2D eigenvalue weighted by atomic mass is 32.2. The average molecular weight is 162 g/mol. The molecule has 0 aromatic heterocycles. The number of rotatable bonds is 3. The van der Waals surface area contributed by atoms with E-state index < -0.39 is 15.8 Å². The van der Waals surface area contributed by atoms with Crippen LogP contribution in [0.3, 0.4) is 0 Å². The Balaban J connectivity index is 4.54. The molecule has 0 aliphatic rings. The summed E-state index contributed by atoms with van der Waals surface area (Å²) in [5.41, 5.74) is 8.11. The molecule has 58 valence electrons. The summed E-state index contributed by atoms with van der Waals surface area (Å²) < 4.78 is 18.3. The highest BCUT2D eigenvalue weighted by Gasteiger charge is 2.31. The molecule has 0 saturated carbocycles. The van der Waals surface area contributed by atoms with Crippen LogP contribution in [0.1, 0.15) is 20.3 Å². The van der Waals surface area contributed by atoms with Gasteiger partial charge in [-0.1, -0.05) is 6.92 Å². The van der Waals surface area contributed by atoms with E-state index in [9.17, 15) is 4.21 Å². The molecule has 4 nitrogen and oxygen atoms in total. The van der Waals surface area contributed by atoms with Gasteiger partial charge in [0.2, 0.25) is 0 Å². The van der Waals surface area contributed by atoms with Crippen molar-refractivity contribution in [2.24, 2.45) is 0 Å². The molecule has 5 heteroatoms. The van der Waals surface area contributed by atoms with Crippen LogP contribution < -0.4 is 0 Å². The van der Waals surface area contributed by atoms with Crippen molar-refractivity contribution in [2.45, 2.75) is 25.0 Å². The van der Waals surface area contributed by atoms with Crippen molar-refractivity contribution in [3.63, 3.8) is 0 Å². The van der Waals surface area contributed by atoms with E-state index in [1.165, 1.54) is 0 Å². The van der Waals surface area contributed by atoms with E-state index in [0.717, 1.165) is 6.21 Å². The third-order valence-corrected chi connectivity index (χ3v) is 2.62. The molecule has 0 aromatic carbocycles. The van der Waals surface area contributed by atoms with Gasteiger partial charge in [-0.3, -0.25) is 0 Å². The molecule has 0 aromatic rings. The minimum Gasteiger partial charge on any atom is -0.362 e. The summed E-state index contributed by atoms with van der Waals surface area (Å²) in [6, 6.07) is 0. The van der Waals surface area contributed by atoms with E-state index in [0.29, 0.717) is 6.42 Å². The molecular weight excluding hydrogens is 152 g/mol. The van der Waals surface area contributed by atoms with Gasteiger partial charge >= 0.3 is 0 Å². The highest BCUT2D eigenvalue weighted by molar-refractivity contribution is 7.81. The Morgan fingerprint density at radius 1 is 1.90 bits per heavy atom. The Morgan fingerprint density at radius 2 is 2.40 bits per heavy atom. The van der Waals surface area contributed by atoms with Gasteiger partial charge in [0, 0.05) is 0 Å². The topological polar surface area (TPSA) is 73.7 Å². The van der Waals surface area contributed by atoms with Crippen LogP contribution in [0.25, 0.3) is 5.53 Å². The van der Waals surface area contributed by atoms with Crippen molar-refractivity contribution in [3.05, 3.63) is 5.53 Å². The molecule has 1 N–H and O–H groups in total. The zero-order chi connectivity index (χ0) is 8.20. The largest absolute Gasteiger partial charge is 0.362 e. The molecule has 10 heavy (non-hydrogen) atoms. The van der Waals surface area contributed by atoms with Gasteiger partial charge < -0.3 is 10.1 Å². The summed E-state index contributed by atoms with van der Waals surface area (Å²) in [5.74, 6) is 0. The first-order valence-corrected chi connectivity index (χ1v) is 3.97. The van der Waals surface area contributed by atoms with Crippen LogP contribution in [-0.2, 0) is 11.1 Å². The molecular formula is C5H10N2O2S. The molecule has 0 aliphatic carbocycles. The summed E-state index contributed by atoms with van der Waals surface area (Å²) in [5, 5.41) is 0. The molecule has 0 amide bonds. The fraction of sp³-hybridized carbons (Fsp3) is 0.800. The normalized spacial score (nSPS) is 18.7. The van der Waals surface area contributed by atoms with E-state index in [4.69, 9.17) is 10.1 Å². The van der Waals surface area contributed by atoms with Gasteiger partial charge in [-0.25, -0.2) is 4.21 Å². The van der Waals surface area contributed by atoms with E-state index in [1.54, 1.807) is 13.8 Å². The number of hydrogen-bond acceptors (Lipinski definition) is 1. The zero-order valence-electron chi connectivity index (χ0n) is 5.94. The maximum absolute atomic E-state index is 10.6. The Morgan fingerprint density at radius 3 is 2.50 bits per heavy atom. The molecule has 0 bridgehead atoms. The Labute approximate surface area is 62.2 Å². The van der Waals surface area contributed by atoms with Crippen molar-refractivity contribution in [3.8, 4) is 0 Å². The molecule has 0 rings (SSSR count). The van der Waals surface area contributed by atoms with Crippen LogP contribution in [0.5, 0.6) is 0 Å². The Bertz CT molecular complexity index is 184. The number of nitrogens with zero attached hydrogens (tertiary/aromatic N) is 2. The fourth-order valence-electron chi connectivity index (χ4n) is 0.382. The van der Waals surface area contributed by atoms with Crippen molar-refractivity contribution >= 4 is 17.3 Å². The second kappa shape index (κ2) is 3.61.